The van der Waals surface area contributed by atoms with Crippen LogP contribution in [0, 0.1) is 6.92 Å². The van der Waals surface area contributed by atoms with E-state index in [0.717, 1.165) is 25.5 Å². The second-order valence-electron chi connectivity index (χ2n) is 11.2. The van der Waals surface area contributed by atoms with E-state index in [1.54, 1.807) is 16.6 Å². The number of anilines is 2. The standard InChI is InChI=1S/C27H33F3N6O3S/c1-18-19(4-2-5-20(18)27(28,29)30)14-23-22(16-35-8-3-6-26(35)7-13-40(37,38)17-26)32-25-21(31)15-24(33-36(23)25)34-9-11-39-12-10-34/h2,4-5,15H,3,6-14,16-17,31H2,1H3. The number of aromatic nitrogens is 3. The number of likely N-dealkylation sites (tertiary alicyclic amines) is 1. The highest BCUT2D eigenvalue weighted by Gasteiger charge is 2.49. The fourth-order valence-corrected chi connectivity index (χ4v) is 8.63. The Labute approximate surface area is 231 Å². The van der Waals surface area contributed by atoms with Crippen LogP contribution in [0.2, 0.25) is 0 Å². The summed E-state index contributed by atoms with van der Waals surface area (Å²) in [5.41, 5.74) is 8.24. The zero-order chi connectivity index (χ0) is 28.3. The normalized spacial score (nSPS) is 23.6. The molecule has 1 aromatic carbocycles. The number of hydrogen-bond acceptors (Lipinski definition) is 8. The van der Waals surface area contributed by atoms with Gasteiger partial charge in [0, 0.05) is 37.7 Å². The molecule has 0 radical (unpaired) electrons. The Morgan fingerprint density at radius 2 is 1.93 bits per heavy atom. The second-order valence-corrected chi connectivity index (χ2v) is 13.3. The number of nitrogen functional groups attached to an aromatic ring is 1. The molecule has 6 rings (SSSR count). The van der Waals surface area contributed by atoms with Gasteiger partial charge in [0.2, 0.25) is 0 Å². The lowest BCUT2D eigenvalue weighted by Crippen LogP contribution is -2.44. The third kappa shape index (κ3) is 4.92. The van der Waals surface area contributed by atoms with Crippen molar-refractivity contribution in [3.05, 3.63) is 52.3 Å². The number of alkyl halides is 3. The van der Waals surface area contributed by atoms with Gasteiger partial charge in [-0.2, -0.15) is 13.2 Å². The summed E-state index contributed by atoms with van der Waals surface area (Å²) in [5, 5.41) is 4.87. The van der Waals surface area contributed by atoms with Crippen molar-refractivity contribution in [2.24, 2.45) is 0 Å². The van der Waals surface area contributed by atoms with E-state index < -0.39 is 27.1 Å². The van der Waals surface area contributed by atoms with Gasteiger partial charge >= 0.3 is 6.18 Å². The van der Waals surface area contributed by atoms with Crippen LogP contribution in [0.25, 0.3) is 5.65 Å². The molecular formula is C27H33F3N6O3S. The van der Waals surface area contributed by atoms with Crippen LogP contribution in [0.5, 0.6) is 0 Å². The molecule has 0 aliphatic carbocycles. The molecule has 0 saturated carbocycles. The van der Waals surface area contributed by atoms with Crippen LogP contribution in [0.15, 0.2) is 24.3 Å². The van der Waals surface area contributed by atoms with Crippen LogP contribution < -0.4 is 10.6 Å². The molecule has 3 fully saturated rings. The predicted octanol–water partition coefficient (Wildman–Crippen LogP) is 3.22. The number of imidazole rings is 1. The topological polar surface area (TPSA) is 106 Å². The van der Waals surface area contributed by atoms with E-state index in [1.165, 1.54) is 13.0 Å². The van der Waals surface area contributed by atoms with E-state index >= 15 is 0 Å². The molecule has 3 aromatic rings. The summed E-state index contributed by atoms with van der Waals surface area (Å²) < 4.78 is 73.2. The Morgan fingerprint density at radius 1 is 1.15 bits per heavy atom. The molecule has 2 aromatic heterocycles. The third-order valence-corrected chi connectivity index (χ3v) is 10.5. The second kappa shape index (κ2) is 9.88. The summed E-state index contributed by atoms with van der Waals surface area (Å²) in [5.74, 6) is 0.943. The fourth-order valence-electron chi connectivity index (χ4n) is 6.50. The van der Waals surface area contributed by atoms with E-state index in [2.05, 4.69) is 9.80 Å². The summed E-state index contributed by atoms with van der Waals surface area (Å²) in [6.45, 7) is 5.00. The third-order valence-electron chi connectivity index (χ3n) is 8.67. The number of rotatable bonds is 5. The van der Waals surface area contributed by atoms with Crippen LogP contribution >= 0.6 is 0 Å². The van der Waals surface area contributed by atoms with E-state index in [1.807, 2.05) is 0 Å². The number of sulfone groups is 1. The molecule has 0 bridgehead atoms. The quantitative estimate of drug-likeness (QED) is 0.492. The van der Waals surface area contributed by atoms with Crippen LogP contribution in [0.1, 0.15) is 47.3 Å². The molecule has 0 amide bonds. The Balaban J connectivity index is 1.45. The first-order valence-electron chi connectivity index (χ1n) is 13.6. The summed E-state index contributed by atoms with van der Waals surface area (Å²) in [7, 11) is -3.12. The molecule has 3 saturated heterocycles. The first kappa shape index (κ1) is 27.3. The monoisotopic (exact) mass is 578 g/mol. The van der Waals surface area contributed by atoms with Crippen molar-refractivity contribution < 1.29 is 26.3 Å². The summed E-state index contributed by atoms with van der Waals surface area (Å²) in [4.78, 5) is 9.13. The molecule has 5 heterocycles. The van der Waals surface area contributed by atoms with E-state index in [4.69, 9.17) is 20.6 Å². The number of ether oxygens (including phenoxy) is 1. The van der Waals surface area contributed by atoms with Crippen LogP contribution in [-0.2, 0) is 33.7 Å². The van der Waals surface area contributed by atoms with E-state index in [9.17, 15) is 21.6 Å². The van der Waals surface area contributed by atoms with Crippen molar-refractivity contribution in [1.82, 2.24) is 19.5 Å². The number of nitrogens with zero attached hydrogens (tertiary/aromatic N) is 5. The molecule has 3 aliphatic rings. The van der Waals surface area contributed by atoms with Gasteiger partial charge in [-0.3, -0.25) is 4.90 Å². The Morgan fingerprint density at radius 3 is 2.62 bits per heavy atom. The predicted molar refractivity (Wildman–Crippen MR) is 145 cm³/mol. The minimum atomic E-state index is -4.47. The van der Waals surface area contributed by atoms with Gasteiger partial charge in [-0.15, -0.1) is 5.10 Å². The molecule has 1 atom stereocenters. The van der Waals surface area contributed by atoms with Gasteiger partial charge < -0.3 is 15.4 Å². The molecule has 1 spiro atoms. The fraction of sp³-hybridized carbons (Fsp3) is 0.556. The molecule has 2 N–H and O–H groups in total. The number of benzene rings is 1. The molecule has 9 nitrogen and oxygen atoms in total. The summed E-state index contributed by atoms with van der Waals surface area (Å²) >= 11 is 0. The zero-order valence-electron chi connectivity index (χ0n) is 22.4. The summed E-state index contributed by atoms with van der Waals surface area (Å²) in [6.07, 6.45) is -2.04. The molecule has 40 heavy (non-hydrogen) atoms. The van der Waals surface area contributed by atoms with Crippen molar-refractivity contribution in [2.75, 3.05) is 55.0 Å². The van der Waals surface area contributed by atoms with Gasteiger partial charge in [-0.05, 0) is 49.9 Å². The largest absolute Gasteiger partial charge is 0.416 e. The van der Waals surface area contributed by atoms with Crippen molar-refractivity contribution in [1.29, 1.82) is 0 Å². The van der Waals surface area contributed by atoms with Gasteiger partial charge in [0.15, 0.2) is 21.3 Å². The lowest BCUT2D eigenvalue weighted by molar-refractivity contribution is -0.138. The minimum absolute atomic E-state index is 0.122. The molecule has 3 aliphatic heterocycles. The number of hydrogen-bond donors (Lipinski definition) is 1. The van der Waals surface area contributed by atoms with Crippen LogP contribution in [-0.4, -0.2) is 77.8 Å². The summed E-state index contributed by atoms with van der Waals surface area (Å²) in [6, 6.07) is 5.99. The lowest BCUT2D eigenvalue weighted by atomic mass is 9.95. The van der Waals surface area contributed by atoms with Crippen molar-refractivity contribution >= 4 is 27.0 Å². The lowest BCUT2D eigenvalue weighted by Gasteiger charge is -2.33. The first-order valence-corrected chi connectivity index (χ1v) is 15.4. The number of fused-ring (bicyclic) bond motifs is 1. The SMILES string of the molecule is Cc1c(Cc2c(CN3CCCC34CCS(=O)(=O)C4)nc3c(N)cc(N4CCOCC4)nn23)cccc1C(F)(F)F. The van der Waals surface area contributed by atoms with Crippen LogP contribution in [0.4, 0.5) is 24.7 Å². The zero-order valence-corrected chi connectivity index (χ0v) is 23.2. The maximum Gasteiger partial charge on any atom is 0.416 e. The Kier molecular flexibility index (Phi) is 6.74. The van der Waals surface area contributed by atoms with Gasteiger partial charge in [-0.25, -0.2) is 17.9 Å². The highest BCUT2D eigenvalue weighted by molar-refractivity contribution is 7.91. The average Bonchev–Trinajstić information content (AvgIpc) is 3.55. The average molecular weight is 579 g/mol. The maximum atomic E-state index is 13.7. The minimum Gasteiger partial charge on any atom is -0.396 e. The van der Waals surface area contributed by atoms with Crippen LogP contribution in [0.3, 0.4) is 0 Å². The number of halogens is 3. The van der Waals surface area contributed by atoms with Gasteiger partial charge in [0.25, 0.3) is 0 Å². The van der Waals surface area contributed by atoms with Crippen molar-refractivity contribution in [2.45, 2.75) is 50.9 Å². The van der Waals surface area contributed by atoms with Gasteiger partial charge in [0.1, 0.15) is 0 Å². The highest BCUT2D eigenvalue weighted by atomic mass is 32.2. The molecule has 13 heteroatoms. The number of nitrogens with two attached hydrogens (primary N) is 1. The molecular weight excluding hydrogens is 545 g/mol. The number of morpholine rings is 1. The van der Waals surface area contributed by atoms with E-state index in [-0.39, 0.29) is 23.5 Å². The van der Waals surface area contributed by atoms with Crippen molar-refractivity contribution in [3.63, 3.8) is 0 Å². The maximum absolute atomic E-state index is 13.7. The smallest absolute Gasteiger partial charge is 0.396 e. The van der Waals surface area contributed by atoms with Gasteiger partial charge in [-0.1, -0.05) is 12.1 Å². The first-order chi connectivity index (χ1) is 19.0. The highest BCUT2D eigenvalue weighted by Crippen LogP contribution is 2.40. The van der Waals surface area contributed by atoms with Gasteiger partial charge in [0.05, 0.1) is 47.4 Å². The van der Waals surface area contributed by atoms with E-state index in [0.29, 0.717) is 73.4 Å². The molecule has 1 unspecified atom stereocenters. The Bertz CT molecular complexity index is 1550. The Hall–Kier alpha value is -2.90. The molecule has 216 valence electrons. The van der Waals surface area contributed by atoms with Crippen molar-refractivity contribution in [3.8, 4) is 0 Å².